The fourth-order valence-corrected chi connectivity index (χ4v) is 4.19. The zero-order chi connectivity index (χ0) is 18.5. The molecule has 2 fully saturated rings. The molecular weight excluding hydrogens is 340 g/mol. The van der Waals surface area contributed by atoms with E-state index in [9.17, 15) is 4.79 Å². The molecule has 0 radical (unpaired) electrons. The third kappa shape index (κ3) is 4.75. The molecule has 2 heterocycles. The molecule has 4 rings (SSSR count). The molecule has 1 N–H and O–H groups in total. The average Bonchev–Trinajstić information content (AvgIpc) is 3.18. The number of piperidine rings is 1. The number of hydrogen-bond donors (Lipinski definition) is 1. The number of nitrogens with one attached hydrogen (secondary N) is 1. The van der Waals surface area contributed by atoms with E-state index in [0.29, 0.717) is 24.3 Å². The Morgan fingerprint density at radius 3 is 2.74 bits per heavy atom. The van der Waals surface area contributed by atoms with Gasteiger partial charge in [0.15, 0.2) is 0 Å². The maximum absolute atomic E-state index is 12.7. The summed E-state index contributed by atoms with van der Waals surface area (Å²) < 4.78 is 5.44. The van der Waals surface area contributed by atoms with Crippen molar-refractivity contribution in [1.29, 1.82) is 0 Å². The van der Waals surface area contributed by atoms with Gasteiger partial charge in [-0.15, -0.1) is 0 Å². The first-order valence-corrected chi connectivity index (χ1v) is 10.2. The lowest BCUT2D eigenvalue weighted by Crippen LogP contribution is -2.46. The van der Waals surface area contributed by atoms with Gasteiger partial charge in [0.05, 0.1) is 12.5 Å². The van der Waals surface area contributed by atoms with Crippen molar-refractivity contribution in [2.45, 2.75) is 57.5 Å². The lowest BCUT2D eigenvalue weighted by Gasteiger charge is -2.32. The molecule has 27 heavy (non-hydrogen) atoms. The van der Waals surface area contributed by atoms with Crippen LogP contribution in [0.2, 0.25) is 0 Å². The van der Waals surface area contributed by atoms with E-state index in [1.54, 1.807) is 0 Å². The molecule has 1 aromatic carbocycles. The fraction of sp³-hybridized carbons (Fsp3) is 0.571. The highest BCUT2D eigenvalue weighted by Gasteiger charge is 2.28. The van der Waals surface area contributed by atoms with Gasteiger partial charge in [-0.05, 0) is 32.2 Å². The van der Waals surface area contributed by atoms with Crippen LogP contribution >= 0.6 is 0 Å². The van der Waals surface area contributed by atoms with Crippen molar-refractivity contribution >= 4 is 5.91 Å². The van der Waals surface area contributed by atoms with Gasteiger partial charge in [0.1, 0.15) is 0 Å². The smallest absolute Gasteiger partial charge is 0.241 e. The predicted molar refractivity (Wildman–Crippen MR) is 103 cm³/mol. The highest BCUT2D eigenvalue weighted by atomic mass is 16.5. The number of nitrogens with zero attached hydrogens (tertiary/aromatic N) is 3. The quantitative estimate of drug-likeness (QED) is 0.876. The summed E-state index contributed by atoms with van der Waals surface area (Å²) in [5.41, 5.74) is 0.955. The van der Waals surface area contributed by atoms with Crippen LogP contribution in [0.15, 0.2) is 34.9 Å². The summed E-state index contributed by atoms with van der Waals surface area (Å²) in [7, 11) is 0. The SMILES string of the molecule is O=C(NC1CCCCC1)C1CCCN(Cc2nc(-c3ccccc3)no2)C1. The van der Waals surface area contributed by atoms with Gasteiger partial charge in [0, 0.05) is 18.2 Å². The standard InChI is InChI=1S/C21H28N4O2/c26-21(22-18-11-5-2-6-12-18)17-10-7-13-25(14-17)15-19-23-20(24-27-19)16-8-3-1-4-9-16/h1,3-4,8-9,17-18H,2,5-7,10-15H2,(H,22,26). The molecule has 1 aliphatic heterocycles. The molecule has 2 aliphatic rings. The van der Waals surface area contributed by atoms with Crippen molar-refractivity contribution in [3.8, 4) is 11.4 Å². The maximum Gasteiger partial charge on any atom is 0.241 e. The van der Waals surface area contributed by atoms with Gasteiger partial charge in [-0.3, -0.25) is 9.69 Å². The maximum atomic E-state index is 12.7. The summed E-state index contributed by atoms with van der Waals surface area (Å²) in [5, 5.41) is 7.37. The lowest BCUT2D eigenvalue weighted by atomic mass is 9.93. The zero-order valence-corrected chi connectivity index (χ0v) is 15.8. The van der Waals surface area contributed by atoms with Crippen molar-refractivity contribution in [3.05, 3.63) is 36.2 Å². The first-order chi connectivity index (χ1) is 13.3. The Bertz CT molecular complexity index is 740. The molecule has 1 amide bonds. The van der Waals surface area contributed by atoms with Gasteiger partial charge >= 0.3 is 0 Å². The van der Waals surface area contributed by atoms with Crippen LogP contribution in [0.1, 0.15) is 50.8 Å². The second kappa shape index (κ2) is 8.65. The number of hydrogen-bond acceptors (Lipinski definition) is 5. The summed E-state index contributed by atoms with van der Waals surface area (Å²) >= 11 is 0. The Morgan fingerprint density at radius 2 is 1.93 bits per heavy atom. The summed E-state index contributed by atoms with van der Waals surface area (Å²) in [5.74, 6) is 1.52. The number of aromatic nitrogens is 2. The fourth-order valence-electron chi connectivity index (χ4n) is 4.19. The molecule has 1 atom stereocenters. The van der Waals surface area contributed by atoms with Crippen molar-refractivity contribution in [2.24, 2.45) is 5.92 Å². The van der Waals surface area contributed by atoms with E-state index in [1.165, 1.54) is 19.3 Å². The Labute approximate surface area is 160 Å². The van der Waals surface area contributed by atoms with Crippen molar-refractivity contribution in [2.75, 3.05) is 13.1 Å². The third-order valence-electron chi connectivity index (χ3n) is 5.69. The number of carbonyl (C=O) groups excluding carboxylic acids is 1. The minimum Gasteiger partial charge on any atom is -0.353 e. The summed E-state index contributed by atoms with van der Waals surface area (Å²) in [4.78, 5) is 19.4. The Kier molecular flexibility index (Phi) is 5.82. The molecule has 0 bridgehead atoms. The molecule has 1 unspecified atom stereocenters. The highest BCUT2D eigenvalue weighted by Crippen LogP contribution is 2.22. The summed E-state index contributed by atoms with van der Waals surface area (Å²) in [6.07, 6.45) is 8.04. The molecule has 6 nitrogen and oxygen atoms in total. The Balaban J connectivity index is 1.32. The van der Waals surface area contributed by atoms with Crippen LogP contribution in [0.3, 0.4) is 0 Å². The number of rotatable bonds is 5. The first-order valence-electron chi connectivity index (χ1n) is 10.2. The molecule has 0 spiro atoms. The molecule has 1 aromatic heterocycles. The third-order valence-corrected chi connectivity index (χ3v) is 5.69. The minimum atomic E-state index is 0.0668. The van der Waals surface area contributed by atoms with E-state index in [2.05, 4.69) is 20.4 Å². The average molecular weight is 368 g/mol. The van der Waals surface area contributed by atoms with Gasteiger partial charge < -0.3 is 9.84 Å². The zero-order valence-electron chi connectivity index (χ0n) is 15.8. The largest absolute Gasteiger partial charge is 0.353 e. The lowest BCUT2D eigenvalue weighted by molar-refractivity contribution is -0.127. The second-order valence-electron chi connectivity index (χ2n) is 7.80. The first kappa shape index (κ1) is 18.2. The van der Waals surface area contributed by atoms with Crippen molar-refractivity contribution < 1.29 is 9.32 Å². The molecular formula is C21H28N4O2. The van der Waals surface area contributed by atoms with Crippen LogP contribution in [-0.2, 0) is 11.3 Å². The molecule has 1 saturated heterocycles. The van der Waals surface area contributed by atoms with Crippen LogP contribution in [0.5, 0.6) is 0 Å². The summed E-state index contributed by atoms with van der Waals surface area (Å²) in [6.45, 7) is 2.34. The van der Waals surface area contributed by atoms with Crippen LogP contribution in [0.4, 0.5) is 0 Å². The number of carbonyl (C=O) groups is 1. The number of amides is 1. The van der Waals surface area contributed by atoms with E-state index < -0.39 is 0 Å². The van der Waals surface area contributed by atoms with Crippen LogP contribution < -0.4 is 5.32 Å². The molecule has 1 saturated carbocycles. The molecule has 144 valence electrons. The van der Waals surface area contributed by atoms with E-state index in [0.717, 1.165) is 44.3 Å². The normalized spacial score (nSPS) is 21.9. The Hall–Kier alpha value is -2.21. The van der Waals surface area contributed by atoms with E-state index in [-0.39, 0.29) is 11.8 Å². The van der Waals surface area contributed by atoms with Gasteiger partial charge in [-0.2, -0.15) is 4.98 Å². The van der Waals surface area contributed by atoms with Crippen LogP contribution in [0, 0.1) is 5.92 Å². The van der Waals surface area contributed by atoms with Crippen molar-refractivity contribution in [1.82, 2.24) is 20.4 Å². The second-order valence-corrected chi connectivity index (χ2v) is 7.80. The number of benzene rings is 1. The predicted octanol–water partition coefficient (Wildman–Crippen LogP) is 3.40. The minimum absolute atomic E-state index is 0.0668. The van der Waals surface area contributed by atoms with Crippen LogP contribution in [-0.4, -0.2) is 40.1 Å². The number of likely N-dealkylation sites (tertiary alicyclic amines) is 1. The molecule has 6 heteroatoms. The van der Waals surface area contributed by atoms with E-state index in [4.69, 9.17) is 4.52 Å². The van der Waals surface area contributed by atoms with E-state index >= 15 is 0 Å². The van der Waals surface area contributed by atoms with Gasteiger partial charge in [-0.1, -0.05) is 54.8 Å². The van der Waals surface area contributed by atoms with E-state index in [1.807, 2.05) is 30.3 Å². The van der Waals surface area contributed by atoms with Crippen LogP contribution in [0.25, 0.3) is 11.4 Å². The highest BCUT2D eigenvalue weighted by molar-refractivity contribution is 5.79. The van der Waals surface area contributed by atoms with Gasteiger partial charge in [0.25, 0.3) is 0 Å². The molecule has 1 aliphatic carbocycles. The Morgan fingerprint density at radius 1 is 1.11 bits per heavy atom. The monoisotopic (exact) mass is 368 g/mol. The van der Waals surface area contributed by atoms with Crippen molar-refractivity contribution in [3.63, 3.8) is 0 Å². The van der Waals surface area contributed by atoms with Gasteiger partial charge in [0.2, 0.25) is 17.6 Å². The summed E-state index contributed by atoms with van der Waals surface area (Å²) in [6, 6.07) is 10.2. The topological polar surface area (TPSA) is 71.3 Å². The molecule has 2 aromatic rings. The van der Waals surface area contributed by atoms with Gasteiger partial charge in [-0.25, -0.2) is 0 Å².